The summed E-state index contributed by atoms with van der Waals surface area (Å²) in [5.74, 6) is 0.652. The molecule has 30 heavy (non-hydrogen) atoms. The highest BCUT2D eigenvalue weighted by Crippen LogP contribution is 2.22. The van der Waals surface area contributed by atoms with Gasteiger partial charge in [-0.05, 0) is 47.8 Å². The molecule has 0 saturated heterocycles. The number of nitrogens with one attached hydrogen (secondary N) is 1. The molecule has 0 saturated carbocycles. The van der Waals surface area contributed by atoms with Crippen molar-refractivity contribution in [2.75, 3.05) is 18.2 Å². The molecular formula is C21H18N4O3S2. The predicted octanol–water partition coefficient (Wildman–Crippen LogP) is 3.64. The largest absolute Gasteiger partial charge is 0.497 e. The van der Waals surface area contributed by atoms with Crippen LogP contribution in [0.2, 0.25) is 0 Å². The van der Waals surface area contributed by atoms with Crippen molar-refractivity contribution in [3.05, 3.63) is 76.2 Å². The maximum Gasteiger partial charge on any atom is 0.272 e. The second-order valence-electron chi connectivity index (χ2n) is 6.31. The lowest BCUT2D eigenvalue weighted by molar-refractivity contribution is -0.113. The first-order valence-corrected chi connectivity index (χ1v) is 11.0. The van der Waals surface area contributed by atoms with E-state index in [0.717, 1.165) is 5.69 Å². The third-order valence-electron chi connectivity index (χ3n) is 4.28. The van der Waals surface area contributed by atoms with Crippen LogP contribution < -0.4 is 15.6 Å². The fraction of sp³-hybridized carbons (Fsp3) is 0.143. The molecule has 0 bridgehead atoms. The minimum absolute atomic E-state index is 0.121. The lowest BCUT2D eigenvalue weighted by Crippen LogP contribution is -2.24. The van der Waals surface area contributed by atoms with Crippen molar-refractivity contribution in [3.63, 3.8) is 0 Å². The van der Waals surface area contributed by atoms with E-state index in [-0.39, 0.29) is 17.2 Å². The summed E-state index contributed by atoms with van der Waals surface area (Å²) in [6.45, 7) is 0.295. The minimum Gasteiger partial charge on any atom is -0.497 e. The second kappa shape index (κ2) is 9.10. The van der Waals surface area contributed by atoms with E-state index in [4.69, 9.17) is 4.74 Å². The highest BCUT2D eigenvalue weighted by molar-refractivity contribution is 7.99. The number of benzene rings is 1. The molecule has 3 aromatic heterocycles. The Labute approximate surface area is 180 Å². The molecule has 3 heterocycles. The molecule has 0 atom stereocenters. The molecule has 4 rings (SSSR count). The van der Waals surface area contributed by atoms with Crippen LogP contribution in [0.25, 0.3) is 10.2 Å². The number of hydrogen-bond acceptors (Lipinski definition) is 7. The molecule has 0 aliphatic carbocycles. The quantitative estimate of drug-likeness (QED) is 0.350. The maximum atomic E-state index is 13.0. The Morgan fingerprint density at radius 1 is 1.20 bits per heavy atom. The van der Waals surface area contributed by atoms with Crippen molar-refractivity contribution in [2.24, 2.45) is 0 Å². The lowest BCUT2D eigenvalue weighted by atomic mass is 10.3. The number of rotatable bonds is 7. The Bertz CT molecular complexity index is 1220. The van der Waals surface area contributed by atoms with Crippen molar-refractivity contribution in [3.8, 4) is 5.75 Å². The molecule has 0 radical (unpaired) electrons. The molecule has 0 spiro atoms. The summed E-state index contributed by atoms with van der Waals surface area (Å²) in [5, 5.41) is 5.17. The van der Waals surface area contributed by atoms with Crippen molar-refractivity contribution in [1.29, 1.82) is 0 Å². The summed E-state index contributed by atoms with van der Waals surface area (Å²) < 4.78 is 7.29. The van der Waals surface area contributed by atoms with Gasteiger partial charge in [0.2, 0.25) is 5.91 Å². The molecule has 152 valence electrons. The maximum absolute atomic E-state index is 13.0. The van der Waals surface area contributed by atoms with Crippen LogP contribution in [0, 0.1) is 0 Å². The molecular weight excluding hydrogens is 420 g/mol. The topological polar surface area (TPSA) is 86.1 Å². The van der Waals surface area contributed by atoms with Crippen molar-refractivity contribution < 1.29 is 9.53 Å². The van der Waals surface area contributed by atoms with Crippen LogP contribution in [-0.2, 0) is 11.3 Å². The summed E-state index contributed by atoms with van der Waals surface area (Å²) in [7, 11) is 1.59. The summed E-state index contributed by atoms with van der Waals surface area (Å²) in [6, 6.07) is 14.5. The van der Waals surface area contributed by atoms with Crippen molar-refractivity contribution >= 4 is 44.9 Å². The average Bonchev–Trinajstić information content (AvgIpc) is 3.25. The van der Waals surface area contributed by atoms with Crippen LogP contribution in [0.5, 0.6) is 5.75 Å². The fourth-order valence-electron chi connectivity index (χ4n) is 2.83. The molecule has 1 aromatic carbocycles. The lowest BCUT2D eigenvalue weighted by Gasteiger charge is -2.12. The number of amides is 1. The highest BCUT2D eigenvalue weighted by Gasteiger charge is 2.15. The molecule has 0 aliphatic heterocycles. The van der Waals surface area contributed by atoms with Gasteiger partial charge in [-0.25, -0.2) is 4.98 Å². The molecule has 0 unspecified atom stereocenters. The Morgan fingerprint density at radius 3 is 2.77 bits per heavy atom. The van der Waals surface area contributed by atoms with Crippen molar-refractivity contribution in [2.45, 2.75) is 11.7 Å². The van der Waals surface area contributed by atoms with Gasteiger partial charge in [0.05, 0.1) is 30.6 Å². The van der Waals surface area contributed by atoms with Gasteiger partial charge in [-0.15, -0.1) is 11.3 Å². The first-order valence-electron chi connectivity index (χ1n) is 9.08. The monoisotopic (exact) mass is 438 g/mol. The van der Waals surface area contributed by atoms with Gasteiger partial charge in [0.1, 0.15) is 10.4 Å². The molecule has 1 amide bonds. The van der Waals surface area contributed by atoms with Crippen LogP contribution in [0.3, 0.4) is 0 Å². The number of thioether (sulfide) groups is 1. The van der Waals surface area contributed by atoms with Gasteiger partial charge in [0, 0.05) is 11.9 Å². The first kappa shape index (κ1) is 20.1. The van der Waals surface area contributed by atoms with Crippen LogP contribution >= 0.6 is 23.1 Å². The zero-order valence-corrected chi connectivity index (χ0v) is 17.7. The Kier molecular flexibility index (Phi) is 6.10. The number of nitrogens with zero attached hydrogens (tertiary/aromatic N) is 3. The van der Waals surface area contributed by atoms with Gasteiger partial charge in [-0.2, -0.15) is 0 Å². The van der Waals surface area contributed by atoms with E-state index in [1.54, 1.807) is 42.1 Å². The number of carbonyl (C=O) groups is 1. The number of methoxy groups -OCH3 is 1. The van der Waals surface area contributed by atoms with Crippen LogP contribution in [-0.4, -0.2) is 33.3 Å². The normalized spacial score (nSPS) is 10.8. The summed E-state index contributed by atoms with van der Waals surface area (Å²) in [5.41, 5.74) is 1.94. The van der Waals surface area contributed by atoms with Crippen LogP contribution in [0.1, 0.15) is 5.69 Å². The average molecular weight is 439 g/mol. The molecule has 4 aromatic rings. The number of thiophene rings is 1. The summed E-state index contributed by atoms with van der Waals surface area (Å²) in [4.78, 5) is 34.3. The number of anilines is 1. The zero-order chi connectivity index (χ0) is 20.9. The number of aromatic nitrogens is 3. The van der Waals surface area contributed by atoms with E-state index in [9.17, 15) is 9.59 Å². The highest BCUT2D eigenvalue weighted by atomic mass is 32.2. The fourth-order valence-corrected chi connectivity index (χ4v) is 4.41. The second-order valence-corrected chi connectivity index (χ2v) is 8.17. The van der Waals surface area contributed by atoms with E-state index in [0.29, 0.717) is 33.4 Å². The standard InChI is InChI=1S/C21H18N4O3S2/c1-28-16-7-5-14(6-8-16)23-18(26)13-30-21-24-17-9-11-29-19(17)20(27)25(21)12-15-4-2-3-10-22-15/h2-11H,12-13H2,1H3,(H,23,26). The van der Waals surface area contributed by atoms with Crippen LogP contribution in [0.15, 0.2) is 70.1 Å². The van der Waals surface area contributed by atoms with E-state index in [1.165, 1.54) is 23.1 Å². The van der Waals surface area contributed by atoms with E-state index in [2.05, 4.69) is 15.3 Å². The smallest absolute Gasteiger partial charge is 0.272 e. The van der Waals surface area contributed by atoms with Gasteiger partial charge in [-0.1, -0.05) is 17.8 Å². The Morgan fingerprint density at radius 2 is 2.03 bits per heavy atom. The predicted molar refractivity (Wildman–Crippen MR) is 120 cm³/mol. The minimum atomic E-state index is -0.186. The Balaban J connectivity index is 1.54. The van der Waals surface area contributed by atoms with E-state index < -0.39 is 0 Å². The summed E-state index contributed by atoms with van der Waals surface area (Å²) >= 11 is 2.59. The molecule has 0 fully saturated rings. The molecule has 1 N–H and O–H groups in total. The third kappa shape index (κ3) is 4.52. The summed E-state index contributed by atoms with van der Waals surface area (Å²) in [6.07, 6.45) is 1.69. The number of carbonyl (C=O) groups excluding carboxylic acids is 1. The number of pyridine rings is 1. The van der Waals surface area contributed by atoms with Gasteiger partial charge in [0.25, 0.3) is 5.56 Å². The number of hydrogen-bond donors (Lipinski definition) is 1. The third-order valence-corrected chi connectivity index (χ3v) is 6.15. The number of ether oxygens (including phenoxy) is 1. The zero-order valence-electron chi connectivity index (χ0n) is 16.1. The van der Waals surface area contributed by atoms with E-state index >= 15 is 0 Å². The van der Waals surface area contributed by atoms with Crippen LogP contribution in [0.4, 0.5) is 5.69 Å². The molecule has 0 aliphatic rings. The van der Waals surface area contributed by atoms with Gasteiger partial charge < -0.3 is 10.1 Å². The van der Waals surface area contributed by atoms with Gasteiger partial charge in [-0.3, -0.25) is 19.1 Å². The van der Waals surface area contributed by atoms with Gasteiger partial charge in [0.15, 0.2) is 5.16 Å². The SMILES string of the molecule is COc1ccc(NC(=O)CSc2nc3ccsc3c(=O)n2Cc2ccccn2)cc1. The first-order chi connectivity index (χ1) is 14.6. The van der Waals surface area contributed by atoms with E-state index in [1.807, 2.05) is 29.6 Å². The Hall–Kier alpha value is -3.17. The molecule has 9 heteroatoms. The number of fused-ring (bicyclic) bond motifs is 1. The molecule has 7 nitrogen and oxygen atoms in total. The van der Waals surface area contributed by atoms with Gasteiger partial charge >= 0.3 is 0 Å². The van der Waals surface area contributed by atoms with Crippen molar-refractivity contribution in [1.82, 2.24) is 14.5 Å².